The highest BCUT2D eigenvalue weighted by molar-refractivity contribution is 9.10. The summed E-state index contributed by atoms with van der Waals surface area (Å²) in [6.45, 7) is -0.171. The molecule has 2 amide bonds. The van der Waals surface area contributed by atoms with E-state index in [0.717, 1.165) is 4.47 Å². The first-order valence-corrected chi connectivity index (χ1v) is 6.93. The van der Waals surface area contributed by atoms with Gasteiger partial charge in [0.15, 0.2) is 6.61 Å². The van der Waals surface area contributed by atoms with Crippen molar-refractivity contribution in [2.24, 2.45) is 5.73 Å². The van der Waals surface area contributed by atoms with Crippen molar-refractivity contribution in [3.8, 4) is 5.75 Å². The molecular formula is C15H13BrN2O3. The average Bonchev–Trinajstić information content (AvgIpc) is 2.47. The summed E-state index contributed by atoms with van der Waals surface area (Å²) in [5.74, 6) is -0.409. The van der Waals surface area contributed by atoms with Crippen LogP contribution < -0.4 is 15.8 Å². The standard InChI is InChI=1S/C15H13BrN2O3/c16-11-6-2-4-8-13(11)21-9-14(19)18-12-7-3-1-5-10(12)15(17)20/h1-8H,9H2,(H2,17,20)(H,18,19). The van der Waals surface area contributed by atoms with Gasteiger partial charge in [-0.2, -0.15) is 0 Å². The van der Waals surface area contributed by atoms with Crippen molar-refractivity contribution in [3.05, 3.63) is 58.6 Å². The number of para-hydroxylation sites is 2. The zero-order chi connectivity index (χ0) is 15.2. The third-order valence-corrected chi connectivity index (χ3v) is 3.32. The minimum atomic E-state index is -0.599. The first kappa shape index (κ1) is 15.1. The second kappa shape index (κ2) is 6.90. The number of hydrogen-bond donors (Lipinski definition) is 2. The van der Waals surface area contributed by atoms with E-state index in [0.29, 0.717) is 11.4 Å². The highest BCUT2D eigenvalue weighted by Crippen LogP contribution is 2.23. The first-order valence-electron chi connectivity index (χ1n) is 6.14. The predicted octanol–water partition coefficient (Wildman–Crippen LogP) is 2.57. The molecule has 2 rings (SSSR count). The molecular weight excluding hydrogens is 336 g/mol. The van der Waals surface area contributed by atoms with Crippen molar-refractivity contribution >= 4 is 33.4 Å². The summed E-state index contributed by atoms with van der Waals surface area (Å²) in [5.41, 5.74) is 5.87. The summed E-state index contributed by atoms with van der Waals surface area (Å²) in [7, 11) is 0. The molecule has 2 aromatic carbocycles. The van der Waals surface area contributed by atoms with Gasteiger partial charge in [0.1, 0.15) is 5.75 Å². The Kier molecular flexibility index (Phi) is 4.94. The lowest BCUT2D eigenvalue weighted by Gasteiger charge is -2.10. The monoisotopic (exact) mass is 348 g/mol. The molecule has 3 N–H and O–H groups in total. The minimum absolute atomic E-state index is 0.171. The van der Waals surface area contributed by atoms with Crippen molar-refractivity contribution in [1.29, 1.82) is 0 Å². The van der Waals surface area contributed by atoms with Gasteiger partial charge in [0.2, 0.25) is 0 Å². The van der Waals surface area contributed by atoms with Gasteiger partial charge in [0.25, 0.3) is 11.8 Å². The lowest BCUT2D eigenvalue weighted by molar-refractivity contribution is -0.118. The Morgan fingerprint density at radius 1 is 1.10 bits per heavy atom. The summed E-state index contributed by atoms with van der Waals surface area (Å²) in [6.07, 6.45) is 0. The van der Waals surface area contributed by atoms with Crippen LogP contribution in [0.1, 0.15) is 10.4 Å². The summed E-state index contributed by atoms with van der Waals surface area (Å²) in [5, 5.41) is 2.60. The number of ether oxygens (including phenoxy) is 1. The number of nitrogens with two attached hydrogens (primary N) is 1. The van der Waals surface area contributed by atoms with Crippen LogP contribution in [0.3, 0.4) is 0 Å². The molecule has 0 saturated carbocycles. The lowest BCUT2D eigenvalue weighted by Crippen LogP contribution is -2.23. The van der Waals surface area contributed by atoms with Crippen LogP contribution in [0.15, 0.2) is 53.0 Å². The average molecular weight is 349 g/mol. The summed E-state index contributed by atoms with van der Waals surface area (Å²) in [6, 6.07) is 13.7. The highest BCUT2D eigenvalue weighted by atomic mass is 79.9. The number of halogens is 1. The van der Waals surface area contributed by atoms with Crippen molar-refractivity contribution in [2.45, 2.75) is 0 Å². The van der Waals surface area contributed by atoms with Gasteiger partial charge in [-0.05, 0) is 40.2 Å². The number of hydrogen-bond acceptors (Lipinski definition) is 3. The van der Waals surface area contributed by atoms with E-state index >= 15 is 0 Å². The number of anilines is 1. The molecule has 0 fully saturated rings. The second-order valence-corrected chi connectivity index (χ2v) is 5.03. The van der Waals surface area contributed by atoms with Crippen LogP contribution in [0.5, 0.6) is 5.75 Å². The second-order valence-electron chi connectivity index (χ2n) is 4.18. The van der Waals surface area contributed by atoms with Crippen LogP contribution in [-0.2, 0) is 4.79 Å². The topological polar surface area (TPSA) is 81.4 Å². The molecule has 6 heteroatoms. The smallest absolute Gasteiger partial charge is 0.262 e. The van der Waals surface area contributed by atoms with E-state index in [4.69, 9.17) is 10.5 Å². The van der Waals surface area contributed by atoms with Crippen LogP contribution >= 0.6 is 15.9 Å². The molecule has 0 aliphatic rings. The lowest BCUT2D eigenvalue weighted by atomic mass is 10.1. The molecule has 0 spiro atoms. The van der Waals surface area contributed by atoms with Crippen molar-refractivity contribution < 1.29 is 14.3 Å². The van der Waals surface area contributed by atoms with Gasteiger partial charge in [-0.1, -0.05) is 24.3 Å². The number of carbonyl (C=O) groups is 2. The maximum atomic E-state index is 11.9. The Morgan fingerprint density at radius 2 is 1.76 bits per heavy atom. The zero-order valence-electron chi connectivity index (χ0n) is 11.0. The van der Waals surface area contributed by atoms with E-state index in [1.54, 1.807) is 36.4 Å². The van der Waals surface area contributed by atoms with Gasteiger partial charge in [0.05, 0.1) is 15.7 Å². The zero-order valence-corrected chi connectivity index (χ0v) is 12.6. The molecule has 2 aromatic rings. The molecule has 21 heavy (non-hydrogen) atoms. The number of primary amides is 1. The molecule has 0 aliphatic carbocycles. The first-order chi connectivity index (χ1) is 10.1. The van der Waals surface area contributed by atoms with Crippen LogP contribution in [0.2, 0.25) is 0 Å². The Morgan fingerprint density at radius 3 is 2.48 bits per heavy atom. The summed E-state index contributed by atoms with van der Waals surface area (Å²) in [4.78, 5) is 23.1. The van der Waals surface area contributed by atoms with Crippen molar-refractivity contribution in [2.75, 3.05) is 11.9 Å². The van der Waals surface area contributed by atoms with Crippen LogP contribution in [0, 0.1) is 0 Å². The predicted molar refractivity (Wildman–Crippen MR) is 83.2 cm³/mol. The fourth-order valence-electron chi connectivity index (χ4n) is 1.70. The van der Waals surface area contributed by atoms with Crippen LogP contribution in [-0.4, -0.2) is 18.4 Å². The molecule has 0 aliphatic heterocycles. The molecule has 0 heterocycles. The van der Waals surface area contributed by atoms with Crippen molar-refractivity contribution in [3.63, 3.8) is 0 Å². The van der Waals surface area contributed by atoms with E-state index in [1.807, 2.05) is 12.1 Å². The molecule has 0 unspecified atom stereocenters. The van der Waals surface area contributed by atoms with Gasteiger partial charge in [0, 0.05) is 0 Å². The Bertz CT molecular complexity index is 673. The third-order valence-electron chi connectivity index (χ3n) is 2.66. The molecule has 0 radical (unpaired) electrons. The van der Waals surface area contributed by atoms with Crippen LogP contribution in [0.25, 0.3) is 0 Å². The maximum Gasteiger partial charge on any atom is 0.262 e. The normalized spacial score (nSPS) is 9.95. The number of nitrogens with one attached hydrogen (secondary N) is 1. The van der Waals surface area contributed by atoms with Gasteiger partial charge in [-0.15, -0.1) is 0 Å². The Hall–Kier alpha value is -2.34. The molecule has 0 aromatic heterocycles. The van der Waals surface area contributed by atoms with Gasteiger partial charge in [-0.3, -0.25) is 9.59 Å². The minimum Gasteiger partial charge on any atom is -0.483 e. The number of benzene rings is 2. The van der Waals surface area contributed by atoms with Crippen molar-refractivity contribution in [1.82, 2.24) is 0 Å². The molecule has 0 atom stereocenters. The summed E-state index contributed by atoms with van der Waals surface area (Å²) >= 11 is 3.33. The molecule has 0 saturated heterocycles. The Labute approximate surface area is 130 Å². The molecule has 108 valence electrons. The van der Waals surface area contributed by atoms with E-state index < -0.39 is 5.91 Å². The fourth-order valence-corrected chi connectivity index (χ4v) is 2.10. The van der Waals surface area contributed by atoms with Crippen LogP contribution in [0.4, 0.5) is 5.69 Å². The Balaban J connectivity index is 2.00. The fraction of sp³-hybridized carbons (Fsp3) is 0.0667. The largest absolute Gasteiger partial charge is 0.483 e. The van der Waals surface area contributed by atoms with E-state index in [9.17, 15) is 9.59 Å². The molecule has 0 bridgehead atoms. The van der Waals surface area contributed by atoms with E-state index in [2.05, 4.69) is 21.2 Å². The number of carbonyl (C=O) groups excluding carboxylic acids is 2. The number of amides is 2. The van der Waals surface area contributed by atoms with E-state index in [1.165, 1.54) is 0 Å². The quantitative estimate of drug-likeness (QED) is 0.871. The highest BCUT2D eigenvalue weighted by Gasteiger charge is 2.11. The SMILES string of the molecule is NC(=O)c1ccccc1NC(=O)COc1ccccc1Br. The van der Waals surface area contributed by atoms with Gasteiger partial charge in [-0.25, -0.2) is 0 Å². The van der Waals surface area contributed by atoms with E-state index in [-0.39, 0.29) is 18.1 Å². The summed E-state index contributed by atoms with van der Waals surface area (Å²) < 4.78 is 6.16. The third kappa shape index (κ3) is 4.06. The maximum absolute atomic E-state index is 11.9. The van der Waals surface area contributed by atoms with Gasteiger partial charge >= 0.3 is 0 Å². The van der Waals surface area contributed by atoms with Gasteiger partial charge < -0.3 is 15.8 Å². The number of rotatable bonds is 5. The molecule has 5 nitrogen and oxygen atoms in total.